The van der Waals surface area contributed by atoms with Crippen LogP contribution in [0.4, 0.5) is 0 Å². The van der Waals surface area contributed by atoms with Crippen molar-refractivity contribution in [3.05, 3.63) is 203 Å². The first-order chi connectivity index (χ1) is 33.5. The largest absolute Gasteiger partial charge is 2.00 e. The third-order valence-corrected chi connectivity index (χ3v) is 14.3. The molecule has 6 heteroatoms. The van der Waals surface area contributed by atoms with Crippen molar-refractivity contribution in [1.29, 1.82) is 0 Å². The molecule has 0 bridgehead atoms. The van der Waals surface area contributed by atoms with Crippen molar-refractivity contribution in [2.45, 2.75) is 67.2 Å². The van der Waals surface area contributed by atoms with E-state index in [1.54, 1.807) is 0 Å². The molecule has 0 N–H and O–H groups in total. The molecule has 8 aromatic carbocycles. The van der Waals surface area contributed by atoms with Gasteiger partial charge in [-0.25, -0.2) is 9.97 Å². The van der Waals surface area contributed by atoms with E-state index in [1.165, 1.54) is 49.9 Å². The molecule has 0 aliphatic heterocycles. The predicted octanol–water partition coefficient (Wildman–Crippen LogP) is 16.7. The van der Waals surface area contributed by atoms with Crippen molar-refractivity contribution in [3.63, 3.8) is 0 Å². The van der Waals surface area contributed by atoms with Crippen molar-refractivity contribution >= 4 is 54.6 Å². The van der Waals surface area contributed by atoms with Crippen LogP contribution in [0.25, 0.3) is 111 Å². The van der Waals surface area contributed by atoms with E-state index in [4.69, 9.17) is 15.0 Å². The second kappa shape index (κ2) is 17.6. The Hall–Kier alpha value is -7.33. The van der Waals surface area contributed by atoms with Crippen LogP contribution >= 0.6 is 0 Å². The molecule has 344 valence electrons. The summed E-state index contributed by atoms with van der Waals surface area (Å²) >= 11 is 0. The summed E-state index contributed by atoms with van der Waals surface area (Å²) in [5.74, 6) is 2.45. The van der Waals surface area contributed by atoms with Gasteiger partial charge >= 0.3 is 21.1 Å². The van der Waals surface area contributed by atoms with Crippen molar-refractivity contribution < 1.29 is 21.1 Å². The number of para-hydroxylation sites is 3. The van der Waals surface area contributed by atoms with E-state index in [0.717, 1.165) is 94.4 Å². The molecule has 70 heavy (non-hydrogen) atoms. The average Bonchev–Trinajstić information content (AvgIpc) is 4.03. The molecule has 0 spiro atoms. The van der Waals surface area contributed by atoms with Gasteiger partial charge in [0.2, 0.25) is 0 Å². The molecule has 0 amide bonds. The zero-order chi connectivity index (χ0) is 47.2. The first-order valence-electron chi connectivity index (χ1n) is 24.2. The standard InChI is InChI=1S/C64H53N5.Pt/c1-37(2)47-19-14-20-48(38(3)4)61(47)43-26-29-55-53(34-43)50-27-25-44(35-57(50)69(55)58-36-45(30-31-65-58)59-41(7)32-39(5)33-42(59)8)60-40(6)24-28-56-63(60)67-64(68(56)46-16-10-9-11-17-46)52-22-15-21-51-49-18-12-13-23-54(49)66-62(51)52;/h9-34,36-38H,1-8H3;/q-2;+2. The van der Waals surface area contributed by atoms with Gasteiger partial charge in [-0.1, -0.05) is 159 Å². The van der Waals surface area contributed by atoms with Gasteiger partial charge in [-0.15, -0.1) is 34.8 Å². The molecule has 0 atom stereocenters. The molecule has 5 nitrogen and oxygen atoms in total. The fourth-order valence-electron chi connectivity index (χ4n) is 11.3. The maximum atomic E-state index is 5.66. The number of aryl methyl sites for hydroxylation is 4. The second-order valence-electron chi connectivity index (χ2n) is 19.6. The molecule has 4 aromatic heterocycles. The fourth-order valence-corrected chi connectivity index (χ4v) is 11.3. The minimum Gasteiger partial charge on any atom is -0.656 e. The minimum atomic E-state index is 0. The summed E-state index contributed by atoms with van der Waals surface area (Å²) in [6.07, 6.45) is 1.96. The topological polar surface area (TPSA) is 49.7 Å². The van der Waals surface area contributed by atoms with E-state index in [9.17, 15) is 0 Å². The van der Waals surface area contributed by atoms with Gasteiger partial charge in [-0.3, -0.25) is 4.57 Å². The monoisotopic (exact) mass is 1090 g/mol. The fraction of sp³-hybridized carbons (Fsp3) is 0.156. The average molecular weight is 1090 g/mol. The summed E-state index contributed by atoms with van der Waals surface area (Å²) in [4.78, 5) is 16.0. The van der Waals surface area contributed by atoms with Crippen LogP contribution in [0.15, 0.2) is 164 Å². The Kier molecular flexibility index (Phi) is 11.3. The van der Waals surface area contributed by atoms with Gasteiger partial charge in [-0.05, 0) is 142 Å². The second-order valence-corrected chi connectivity index (χ2v) is 19.6. The summed E-state index contributed by atoms with van der Waals surface area (Å²) in [6, 6.07) is 61.3. The number of hydrogen-bond donors (Lipinski definition) is 0. The van der Waals surface area contributed by atoms with Crippen molar-refractivity contribution in [2.24, 2.45) is 0 Å². The number of imidazole rings is 1. The summed E-state index contributed by atoms with van der Waals surface area (Å²) < 4.78 is 4.63. The molecule has 12 rings (SSSR count). The molecule has 0 radical (unpaired) electrons. The molecular weight excluding hydrogens is 1030 g/mol. The summed E-state index contributed by atoms with van der Waals surface area (Å²) in [5, 5.41) is 4.56. The van der Waals surface area contributed by atoms with E-state index in [-0.39, 0.29) is 21.1 Å². The normalized spacial score (nSPS) is 11.9. The molecule has 0 saturated carbocycles. The van der Waals surface area contributed by atoms with Crippen molar-refractivity contribution in [1.82, 2.24) is 24.1 Å². The van der Waals surface area contributed by atoms with Crippen LogP contribution in [0.2, 0.25) is 0 Å². The minimum absolute atomic E-state index is 0. The van der Waals surface area contributed by atoms with E-state index in [1.807, 2.05) is 6.20 Å². The molecule has 12 aromatic rings. The number of hydrogen-bond acceptors (Lipinski definition) is 2. The van der Waals surface area contributed by atoms with Crippen LogP contribution in [-0.4, -0.2) is 19.1 Å². The number of nitrogens with zero attached hydrogens (tertiary/aromatic N) is 5. The van der Waals surface area contributed by atoms with E-state index < -0.39 is 0 Å². The van der Waals surface area contributed by atoms with Gasteiger partial charge in [0.25, 0.3) is 0 Å². The summed E-state index contributed by atoms with van der Waals surface area (Å²) in [6.45, 7) is 18.0. The van der Waals surface area contributed by atoms with E-state index >= 15 is 0 Å². The van der Waals surface area contributed by atoms with Crippen molar-refractivity contribution in [2.75, 3.05) is 0 Å². The third-order valence-electron chi connectivity index (χ3n) is 14.3. The number of aromatic nitrogens is 5. The van der Waals surface area contributed by atoms with Crippen LogP contribution in [0.5, 0.6) is 0 Å². The van der Waals surface area contributed by atoms with Crippen LogP contribution in [0, 0.1) is 33.8 Å². The van der Waals surface area contributed by atoms with Crippen LogP contribution in [0.1, 0.15) is 72.9 Å². The SMILES string of the molecule is Cc1cc(C)c(-c2ccnc(-n3c4[c-]c(-c5c(C)ccc6c5nc(-c5cccc7c5[n-]c5ccccc57)n6-c5ccccc5)ccc4c4cc(-c5c(C(C)C)cccc5C(C)C)ccc43)c2)c(C)c1.[Pt+2]. The Morgan fingerprint density at radius 1 is 0.529 bits per heavy atom. The molecule has 4 heterocycles. The van der Waals surface area contributed by atoms with Gasteiger partial charge in [-0.2, -0.15) is 0 Å². The maximum Gasteiger partial charge on any atom is 2.00 e. The Morgan fingerprint density at radius 2 is 1.21 bits per heavy atom. The first kappa shape index (κ1) is 45.1. The Bertz CT molecular complexity index is 3960. The first-order valence-corrected chi connectivity index (χ1v) is 24.2. The molecular formula is C64H53N5Pt. The zero-order valence-corrected chi connectivity index (χ0v) is 43.1. The molecule has 0 unspecified atom stereocenters. The number of pyridine rings is 1. The quantitative estimate of drug-likeness (QED) is 0.143. The third kappa shape index (κ3) is 7.24. The molecule has 0 aliphatic carbocycles. The van der Waals surface area contributed by atoms with Gasteiger partial charge in [0, 0.05) is 23.0 Å². The molecule has 0 aliphatic rings. The summed E-state index contributed by atoms with van der Waals surface area (Å²) in [7, 11) is 0. The van der Waals surface area contributed by atoms with Gasteiger partial charge in [0.05, 0.1) is 11.0 Å². The number of benzene rings is 8. The molecule has 0 fully saturated rings. The maximum absolute atomic E-state index is 5.66. The van der Waals surface area contributed by atoms with Gasteiger partial charge < -0.3 is 9.55 Å². The Labute approximate surface area is 424 Å². The van der Waals surface area contributed by atoms with Crippen LogP contribution in [0.3, 0.4) is 0 Å². The van der Waals surface area contributed by atoms with Gasteiger partial charge in [0.15, 0.2) is 0 Å². The predicted molar refractivity (Wildman–Crippen MR) is 289 cm³/mol. The van der Waals surface area contributed by atoms with E-state index in [2.05, 4.69) is 228 Å². The summed E-state index contributed by atoms with van der Waals surface area (Å²) in [5.41, 5.74) is 22.6. The van der Waals surface area contributed by atoms with E-state index in [0.29, 0.717) is 11.8 Å². The van der Waals surface area contributed by atoms with Crippen LogP contribution in [-0.2, 0) is 21.1 Å². The Morgan fingerprint density at radius 3 is 1.97 bits per heavy atom. The smallest absolute Gasteiger partial charge is 0.656 e. The van der Waals surface area contributed by atoms with Crippen LogP contribution < -0.4 is 4.98 Å². The molecule has 0 saturated heterocycles. The number of fused-ring (bicyclic) bond motifs is 7. The zero-order valence-electron chi connectivity index (χ0n) is 40.8. The van der Waals surface area contributed by atoms with Crippen molar-refractivity contribution in [3.8, 4) is 56.3 Å². The Balaban J connectivity index is 0.00000533. The van der Waals surface area contributed by atoms with Gasteiger partial charge in [0.1, 0.15) is 11.6 Å². The number of rotatable bonds is 8.